The Morgan fingerprint density at radius 2 is 2.38 bits per heavy atom. The lowest BCUT2D eigenvalue weighted by Crippen LogP contribution is -2.14. The van der Waals surface area contributed by atoms with E-state index in [0.29, 0.717) is 12.4 Å². The second-order valence-corrected chi connectivity index (χ2v) is 2.34. The summed E-state index contributed by atoms with van der Waals surface area (Å²) in [6.45, 7) is 4.14. The van der Waals surface area contributed by atoms with Crippen molar-refractivity contribution >= 4 is 11.7 Å². The molecule has 0 aromatic carbocycles. The number of nitrogens with two attached hydrogens (primary N) is 1. The molecule has 0 saturated carbocycles. The monoisotopic (exact) mass is 178 g/mol. The number of hydrogen-bond donors (Lipinski definition) is 2. The SMILES string of the molecule is C=CCNc1ccc(C(N)=O)nn1. The van der Waals surface area contributed by atoms with Crippen LogP contribution >= 0.6 is 0 Å². The number of aromatic nitrogens is 2. The van der Waals surface area contributed by atoms with Crippen LogP contribution in [0.3, 0.4) is 0 Å². The lowest BCUT2D eigenvalue weighted by Gasteiger charge is -2.00. The van der Waals surface area contributed by atoms with Crippen LogP contribution in [-0.4, -0.2) is 22.6 Å². The molecule has 0 bridgehead atoms. The molecule has 68 valence electrons. The van der Waals surface area contributed by atoms with Crippen LogP contribution in [0.25, 0.3) is 0 Å². The van der Waals surface area contributed by atoms with Crippen LogP contribution in [0.15, 0.2) is 24.8 Å². The highest BCUT2D eigenvalue weighted by atomic mass is 16.1. The molecule has 13 heavy (non-hydrogen) atoms. The van der Waals surface area contributed by atoms with Gasteiger partial charge in [-0.1, -0.05) is 6.08 Å². The highest BCUT2D eigenvalue weighted by Gasteiger charge is 2.01. The number of carbonyl (C=O) groups excluding carboxylic acids is 1. The number of nitrogens with zero attached hydrogens (tertiary/aromatic N) is 2. The van der Waals surface area contributed by atoms with E-state index in [0.717, 1.165) is 0 Å². The number of anilines is 1. The summed E-state index contributed by atoms with van der Waals surface area (Å²) in [5.41, 5.74) is 5.14. The topological polar surface area (TPSA) is 80.9 Å². The Bertz CT molecular complexity index is 306. The average molecular weight is 178 g/mol. The summed E-state index contributed by atoms with van der Waals surface area (Å²) in [5, 5.41) is 10.3. The van der Waals surface area contributed by atoms with Crippen molar-refractivity contribution < 1.29 is 4.79 Å². The van der Waals surface area contributed by atoms with Crippen molar-refractivity contribution in [2.45, 2.75) is 0 Å². The van der Waals surface area contributed by atoms with Crippen molar-refractivity contribution in [2.75, 3.05) is 11.9 Å². The quantitative estimate of drug-likeness (QED) is 0.644. The van der Waals surface area contributed by atoms with Crippen molar-refractivity contribution in [1.82, 2.24) is 10.2 Å². The van der Waals surface area contributed by atoms with Crippen LogP contribution in [0.4, 0.5) is 5.82 Å². The van der Waals surface area contributed by atoms with E-state index in [-0.39, 0.29) is 5.69 Å². The Morgan fingerprint density at radius 1 is 1.62 bits per heavy atom. The molecule has 1 aromatic heterocycles. The number of carbonyl (C=O) groups is 1. The molecule has 1 amide bonds. The van der Waals surface area contributed by atoms with Crippen LogP contribution in [0.2, 0.25) is 0 Å². The molecular weight excluding hydrogens is 168 g/mol. The highest BCUT2D eigenvalue weighted by Crippen LogP contribution is 2.00. The molecule has 0 atom stereocenters. The van der Waals surface area contributed by atoms with E-state index < -0.39 is 5.91 Å². The molecule has 1 rings (SSSR count). The van der Waals surface area contributed by atoms with Gasteiger partial charge in [-0.05, 0) is 12.1 Å². The highest BCUT2D eigenvalue weighted by molar-refractivity contribution is 5.90. The maximum Gasteiger partial charge on any atom is 0.269 e. The van der Waals surface area contributed by atoms with E-state index in [1.807, 2.05) is 0 Å². The lowest BCUT2D eigenvalue weighted by molar-refractivity contribution is 0.0994. The number of amides is 1. The summed E-state index contributed by atoms with van der Waals surface area (Å²) in [5.74, 6) is 0.00710. The molecule has 0 radical (unpaired) electrons. The molecule has 3 N–H and O–H groups in total. The molecule has 0 saturated heterocycles. The third-order valence-corrected chi connectivity index (χ3v) is 1.34. The Labute approximate surface area is 75.7 Å². The largest absolute Gasteiger partial charge is 0.365 e. The Morgan fingerprint density at radius 3 is 2.85 bits per heavy atom. The maximum absolute atomic E-state index is 10.6. The average Bonchev–Trinajstić information content (AvgIpc) is 2.15. The summed E-state index contributed by atoms with van der Waals surface area (Å²) >= 11 is 0. The summed E-state index contributed by atoms with van der Waals surface area (Å²) in [6, 6.07) is 3.15. The van der Waals surface area contributed by atoms with Gasteiger partial charge in [-0.3, -0.25) is 4.79 Å². The summed E-state index contributed by atoms with van der Waals surface area (Å²) < 4.78 is 0. The minimum atomic E-state index is -0.581. The van der Waals surface area contributed by atoms with Crippen LogP contribution < -0.4 is 11.1 Å². The molecule has 0 aliphatic rings. The molecule has 0 aliphatic heterocycles. The van der Waals surface area contributed by atoms with Crippen molar-refractivity contribution in [3.8, 4) is 0 Å². The Kier molecular flexibility index (Phi) is 2.97. The van der Waals surface area contributed by atoms with E-state index in [1.54, 1.807) is 12.1 Å². The first kappa shape index (κ1) is 9.18. The van der Waals surface area contributed by atoms with Gasteiger partial charge in [0.2, 0.25) is 0 Å². The zero-order chi connectivity index (χ0) is 9.68. The lowest BCUT2D eigenvalue weighted by atomic mass is 10.4. The van der Waals surface area contributed by atoms with Crippen LogP contribution in [0.5, 0.6) is 0 Å². The van der Waals surface area contributed by atoms with Crippen LogP contribution in [0, 0.1) is 0 Å². The fourth-order valence-electron chi connectivity index (χ4n) is 0.735. The predicted octanol–water partition coefficient (Wildman–Crippen LogP) is 0.173. The van der Waals surface area contributed by atoms with E-state index in [9.17, 15) is 4.79 Å². The van der Waals surface area contributed by atoms with E-state index in [4.69, 9.17) is 5.73 Å². The zero-order valence-corrected chi connectivity index (χ0v) is 7.03. The van der Waals surface area contributed by atoms with Gasteiger partial charge in [-0.2, -0.15) is 0 Å². The third kappa shape index (κ3) is 2.55. The van der Waals surface area contributed by atoms with Gasteiger partial charge in [-0.15, -0.1) is 16.8 Å². The smallest absolute Gasteiger partial charge is 0.269 e. The summed E-state index contributed by atoms with van der Waals surface area (Å²) in [4.78, 5) is 10.6. The standard InChI is InChI=1S/C8H10N4O/c1-2-5-10-7-4-3-6(8(9)13)11-12-7/h2-4H,1,5H2,(H2,9,13)(H,10,12). The fourth-order valence-corrected chi connectivity index (χ4v) is 0.735. The first-order valence-corrected chi connectivity index (χ1v) is 3.72. The first-order valence-electron chi connectivity index (χ1n) is 3.72. The van der Waals surface area contributed by atoms with Gasteiger partial charge >= 0.3 is 0 Å². The van der Waals surface area contributed by atoms with Crippen LogP contribution in [0.1, 0.15) is 10.5 Å². The molecule has 5 heteroatoms. The van der Waals surface area contributed by atoms with Gasteiger partial charge < -0.3 is 11.1 Å². The van der Waals surface area contributed by atoms with E-state index in [1.165, 1.54) is 6.07 Å². The van der Waals surface area contributed by atoms with E-state index in [2.05, 4.69) is 22.1 Å². The van der Waals surface area contributed by atoms with Gasteiger partial charge in [0.25, 0.3) is 5.91 Å². The minimum Gasteiger partial charge on any atom is -0.365 e. The molecule has 0 spiro atoms. The van der Waals surface area contributed by atoms with Crippen molar-refractivity contribution in [1.29, 1.82) is 0 Å². The normalized spacial score (nSPS) is 9.23. The Balaban J connectivity index is 2.69. The molecule has 1 aromatic rings. The predicted molar refractivity (Wildman–Crippen MR) is 49.2 cm³/mol. The molecule has 5 nitrogen and oxygen atoms in total. The Hall–Kier alpha value is -1.91. The molecule has 0 unspecified atom stereocenters. The zero-order valence-electron chi connectivity index (χ0n) is 7.03. The second-order valence-electron chi connectivity index (χ2n) is 2.34. The van der Waals surface area contributed by atoms with E-state index >= 15 is 0 Å². The van der Waals surface area contributed by atoms with Crippen molar-refractivity contribution in [2.24, 2.45) is 5.73 Å². The maximum atomic E-state index is 10.6. The van der Waals surface area contributed by atoms with Gasteiger partial charge in [-0.25, -0.2) is 0 Å². The molecule has 0 aliphatic carbocycles. The third-order valence-electron chi connectivity index (χ3n) is 1.34. The summed E-state index contributed by atoms with van der Waals surface area (Å²) in [7, 11) is 0. The number of primary amides is 1. The second kappa shape index (κ2) is 4.20. The van der Waals surface area contributed by atoms with Crippen molar-refractivity contribution in [3.63, 3.8) is 0 Å². The molecular formula is C8H10N4O. The summed E-state index contributed by atoms with van der Waals surface area (Å²) in [6.07, 6.45) is 1.70. The van der Waals surface area contributed by atoms with Crippen LogP contribution in [-0.2, 0) is 0 Å². The van der Waals surface area contributed by atoms with Crippen molar-refractivity contribution in [3.05, 3.63) is 30.5 Å². The molecule has 1 heterocycles. The number of hydrogen-bond acceptors (Lipinski definition) is 4. The van der Waals surface area contributed by atoms with Gasteiger partial charge in [0, 0.05) is 6.54 Å². The van der Waals surface area contributed by atoms with Gasteiger partial charge in [0.05, 0.1) is 0 Å². The minimum absolute atomic E-state index is 0.157. The van der Waals surface area contributed by atoms with Gasteiger partial charge in [0.1, 0.15) is 5.82 Å². The fraction of sp³-hybridized carbons (Fsp3) is 0.125. The first-order chi connectivity index (χ1) is 6.24. The number of nitrogens with one attached hydrogen (secondary N) is 1. The molecule has 0 fully saturated rings. The van der Waals surface area contributed by atoms with Gasteiger partial charge in [0.15, 0.2) is 5.69 Å². The number of rotatable bonds is 4.